The Bertz CT molecular complexity index is 1300. The van der Waals surface area contributed by atoms with E-state index in [1.807, 2.05) is 23.1 Å². The molecule has 2 heterocycles. The van der Waals surface area contributed by atoms with E-state index >= 15 is 0 Å². The van der Waals surface area contributed by atoms with Crippen molar-refractivity contribution >= 4 is 17.9 Å². The molecule has 0 radical (unpaired) electrons. The van der Waals surface area contributed by atoms with Crippen LogP contribution < -0.4 is 0 Å². The van der Waals surface area contributed by atoms with Crippen LogP contribution in [0.4, 0.5) is 4.79 Å². The molecule has 43 heavy (non-hydrogen) atoms. The van der Waals surface area contributed by atoms with Gasteiger partial charge in [-0.3, -0.25) is 9.69 Å². The topological polar surface area (TPSA) is 84.4 Å². The maximum absolute atomic E-state index is 14.3. The normalized spacial score (nSPS) is 18.5. The molecule has 0 unspecified atom stereocenters. The summed E-state index contributed by atoms with van der Waals surface area (Å²) in [6, 6.07) is 29.7. The molecule has 2 atom stereocenters. The van der Waals surface area contributed by atoms with Gasteiger partial charge in [0, 0.05) is 39.8 Å². The number of carbonyl (C=O) groups is 3. The van der Waals surface area contributed by atoms with Gasteiger partial charge in [0.05, 0.1) is 11.6 Å². The molecule has 226 valence electrons. The summed E-state index contributed by atoms with van der Waals surface area (Å²) in [6.45, 7) is 6.19. The van der Waals surface area contributed by atoms with E-state index in [1.165, 1.54) is 4.90 Å². The van der Waals surface area contributed by atoms with Crippen molar-refractivity contribution in [2.45, 2.75) is 44.3 Å². The molecule has 0 aromatic heterocycles. The first-order valence-electron chi connectivity index (χ1n) is 15.2. The third-order valence-electron chi connectivity index (χ3n) is 8.99. The number of hydrogen-bond acceptors (Lipinski definition) is 4. The van der Waals surface area contributed by atoms with Gasteiger partial charge in [-0.05, 0) is 35.4 Å². The summed E-state index contributed by atoms with van der Waals surface area (Å²) in [6.07, 6.45) is 1.39. The minimum absolute atomic E-state index is 0.0756. The standard InChI is InChI=1S/C35H42N4O4/c1-26(2)31(33(41)42)36(3)34(43)38-22-13-21-37(24-25-38)32(40)30-20-23-39(30)35(27-14-7-4-8-15-27,28-16-9-5-10-17-28)29-18-11-6-12-19-29/h4-12,14-19,26,30-31H,13,20-25H2,1-3H3,(H,41,42)/t30-,31+/m1/s1. The van der Waals surface area contributed by atoms with Crippen LogP contribution in [0.3, 0.4) is 0 Å². The Morgan fingerprint density at radius 3 is 1.63 bits per heavy atom. The third kappa shape index (κ3) is 5.76. The summed E-state index contributed by atoms with van der Waals surface area (Å²) in [5, 5.41) is 9.69. The van der Waals surface area contributed by atoms with E-state index in [-0.39, 0.29) is 23.9 Å². The van der Waals surface area contributed by atoms with E-state index in [1.54, 1.807) is 25.8 Å². The average Bonchev–Trinajstić information content (AvgIpc) is 3.26. The van der Waals surface area contributed by atoms with E-state index in [9.17, 15) is 19.5 Å². The number of likely N-dealkylation sites (tertiary alicyclic amines) is 1. The zero-order valence-electron chi connectivity index (χ0n) is 25.3. The van der Waals surface area contributed by atoms with Gasteiger partial charge in [-0.1, -0.05) is 105 Å². The number of benzene rings is 3. The Hall–Kier alpha value is -4.17. The van der Waals surface area contributed by atoms with Crippen molar-refractivity contribution < 1.29 is 19.5 Å². The minimum Gasteiger partial charge on any atom is -0.480 e. The molecule has 5 rings (SSSR count). The number of nitrogens with zero attached hydrogens (tertiary/aromatic N) is 4. The number of rotatable bonds is 8. The number of likely N-dealkylation sites (N-methyl/N-ethyl adjacent to an activating group) is 1. The van der Waals surface area contributed by atoms with Crippen molar-refractivity contribution in [1.82, 2.24) is 19.6 Å². The minimum atomic E-state index is -1.01. The van der Waals surface area contributed by atoms with Crippen molar-refractivity contribution in [2.75, 3.05) is 39.8 Å². The number of amides is 3. The number of carboxylic acids is 1. The fraction of sp³-hybridized carbons (Fsp3) is 0.400. The molecule has 1 N–H and O–H groups in total. The van der Waals surface area contributed by atoms with Crippen LogP contribution in [0.15, 0.2) is 91.0 Å². The highest BCUT2D eigenvalue weighted by molar-refractivity contribution is 5.84. The number of hydrogen-bond donors (Lipinski definition) is 1. The lowest BCUT2D eigenvalue weighted by Crippen LogP contribution is -2.65. The number of urea groups is 1. The first-order chi connectivity index (χ1) is 20.8. The highest BCUT2D eigenvalue weighted by Crippen LogP contribution is 2.47. The van der Waals surface area contributed by atoms with Crippen molar-refractivity contribution in [3.8, 4) is 0 Å². The fourth-order valence-electron chi connectivity index (χ4n) is 6.86. The smallest absolute Gasteiger partial charge is 0.326 e. The molecule has 2 aliphatic rings. The van der Waals surface area contributed by atoms with Gasteiger partial charge in [0.25, 0.3) is 0 Å². The van der Waals surface area contributed by atoms with Crippen LogP contribution in [-0.2, 0) is 15.1 Å². The summed E-state index contributed by atoms with van der Waals surface area (Å²) in [5.74, 6) is -1.16. The Labute approximate surface area is 254 Å². The number of carboxylic acid groups (broad SMARTS) is 1. The van der Waals surface area contributed by atoms with Crippen LogP contribution >= 0.6 is 0 Å². The Kier molecular flexibility index (Phi) is 9.16. The third-order valence-corrected chi connectivity index (χ3v) is 8.99. The summed E-state index contributed by atoms with van der Waals surface area (Å²) in [5.41, 5.74) is 2.68. The second kappa shape index (κ2) is 13.0. The quantitative estimate of drug-likeness (QED) is 0.388. The molecule has 2 fully saturated rings. The lowest BCUT2D eigenvalue weighted by molar-refractivity contribution is -0.145. The largest absolute Gasteiger partial charge is 0.480 e. The molecule has 2 aliphatic heterocycles. The zero-order valence-corrected chi connectivity index (χ0v) is 25.3. The molecule has 3 aromatic carbocycles. The second-order valence-electron chi connectivity index (χ2n) is 11.9. The lowest BCUT2D eigenvalue weighted by atomic mass is 9.72. The van der Waals surface area contributed by atoms with Crippen LogP contribution in [-0.4, -0.2) is 94.5 Å². The summed E-state index contributed by atoms with van der Waals surface area (Å²) in [4.78, 5) is 46.7. The van der Waals surface area contributed by atoms with Gasteiger partial charge in [0.1, 0.15) is 6.04 Å². The van der Waals surface area contributed by atoms with Crippen LogP contribution in [0.5, 0.6) is 0 Å². The second-order valence-corrected chi connectivity index (χ2v) is 11.9. The van der Waals surface area contributed by atoms with Crippen molar-refractivity contribution in [3.63, 3.8) is 0 Å². The van der Waals surface area contributed by atoms with Crippen molar-refractivity contribution in [2.24, 2.45) is 5.92 Å². The van der Waals surface area contributed by atoms with E-state index < -0.39 is 17.6 Å². The molecule has 0 aliphatic carbocycles. The predicted octanol–water partition coefficient (Wildman–Crippen LogP) is 4.75. The Morgan fingerprint density at radius 1 is 0.744 bits per heavy atom. The highest BCUT2D eigenvalue weighted by atomic mass is 16.4. The number of aliphatic carboxylic acids is 1. The molecule has 8 heteroatoms. The fourth-order valence-corrected chi connectivity index (χ4v) is 6.86. The predicted molar refractivity (Wildman–Crippen MR) is 167 cm³/mol. The summed E-state index contributed by atoms with van der Waals surface area (Å²) in [7, 11) is 1.55. The van der Waals surface area contributed by atoms with Gasteiger partial charge < -0.3 is 19.8 Å². The number of carbonyl (C=O) groups excluding carboxylic acids is 2. The molecule has 0 bridgehead atoms. The summed E-state index contributed by atoms with van der Waals surface area (Å²) >= 11 is 0. The molecule has 8 nitrogen and oxygen atoms in total. The average molecular weight is 583 g/mol. The lowest BCUT2D eigenvalue weighted by Gasteiger charge is -2.54. The van der Waals surface area contributed by atoms with Crippen molar-refractivity contribution in [1.29, 1.82) is 0 Å². The van der Waals surface area contributed by atoms with Crippen LogP contribution in [0.25, 0.3) is 0 Å². The van der Waals surface area contributed by atoms with E-state index in [2.05, 4.69) is 77.7 Å². The zero-order chi connectivity index (χ0) is 30.6. The SMILES string of the molecule is CC(C)[C@@H](C(=O)O)N(C)C(=O)N1CCCN(C(=O)[C@H]2CCN2C(c2ccccc2)(c2ccccc2)c2ccccc2)CC1. The first-order valence-corrected chi connectivity index (χ1v) is 15.2. The maximum Gasteiger partial charge on any atom is 0.326 e. The van der Waals surface area contributed by atoms with Gasteiger partial charge in [-0.2, -0.15) is 0 Å². The van der Waals surface area contributed by atoms with Crippen LogP contribution in [0.2, 0.25) is 0 Å². The van der Waals surface area contributed by atoms with E-state index in [4.69, 9.17) is 0 Å². The van der Waals surface area contributed by atoms with Crippen LogP contribution in [0, 0.1) is 5.92 Å². The molecule has 3 amide bonds. The van der Waals surface area contributed by atoms with Gasteiger partial charge in [0.2, 0.25) is 5.91 Å². The molecule has 0 spiro atoms. The van der Waals surface area contributed by atoms with E-state index in [0.717, 1.165) is 29.7 Å². The highest BCUT2D eigenvalue weighted by Gasteiger charge is 2.52. The summed E-state index contributed by atoms with van der Waals surface area (Å²) < 4.78 is 0. The van der Waals surface area contributed by atoms with Crippen molar-refractivity contribution in [3.05, 3.63) is 108 Å². The molecule has 3 aromatic rings. The van der Waals surface area contributed by atoms with Gasteiger partial charge in [-0.15, -0.1) is 0 Å². The molecular weight excluding hydrogens is 540 g/mol. The Balaban J connectivity index is 1.42. The monoisotopic (exact) mass is 582 g/mol. The molecule has 2 saturated heterocycles. The molecular formula is C35H42N4O4. The van der Waals surface area contributed by atoms with Gasteiger partial charge >= 0.3 is 12.0 Å². The van der Waals surface area contributed by atoms with Crippen LogP contribution in [0.1, 0.15) is 43.4 Å². The van der Waals surface area contributed by atoms with E-state index in [0.29, 0.717) is 32.6 Å². The first kappa shape index (κ1) is 30.3. The molecule has 0 saturated carbocycles. The Morgan fingerprint density at radius 2 is 1.21 bits per heavy atom. The van der Waals surface area contributed by atoms with Gasteiger partial charge in [0.15, 0.2) is 0 Å². The maximum atomic E-state index is 14.3. The van der Waals surface area contributed by atoms with Gasteiger partial charge in [-0.25, -0.2) is 9.59 Å².